The maximum absolute atomic E-state index is 5.80. The minimum atomic E-state index is -0.00947. The van der Waals surface area contributed by atoms with Crippen LogP contribution in [0.25, 0.3) is 0 Å². The van der Waals surface area contributed by atoms with Crippen LogP contribution in [0.15, 0.2) is 16.6 Å². The Hall–Kier alpha value is -0.780. The van der Waals surface area contributed by atoms with E-state index in [-0.39, 0.29) is 6.10 Å². The van der Waals surface area contributed by atoms with E-state index in [9.17, 15) is 0 Å². The maximum Gasteiger partial charge on any atom is 0.168 e. The van der Waals surface area contributed by atoms with Crippen LogP contribution in [0.1, 0.15) is 18.6 Å². The molecule has 0 aliphatic carbocycles. The fourth-order valence-electron chi connectivity index (χ4n) is 2.06. The Morgan fingerprint density at radius 3 is 2.94 bits per heavy atom. The number of benzene rings is 1. The first-order valence-electron chi connectivity index (χ1n) is 6.09. The fourth-order valence-corrected chi connectivity index (χ4v) is 2.63. The number of morpholine rings is 1. The van der Waals surface area contributed by atoms with Gasteiger partial charge < -0.3 is 19.5 Å². The first-order valence-corrected chi connectivity index (χ1v) is 6.88. The molecule has 0 saturated carbocycles. The van der Waals surface area contributed by atoms with Crippen molar-refractivity contribution >= 4 is 15.9 Å². The predicted octanol–water partition coefficient (Wildman–Crippen LogP) is 2.52. The van der Waals surface area contributed by atoms with Crippen molar-refractivity contribution in [3.8, 4) is 11.5 Å². The first kappa shape index (κ1) is 13.6. The monoisotopic (exact) mass is 315 g/mol. The summed E-state index contributed by atoms with van der Waals surface area (Å²) in [5.74, 6) is 1.51. The number of nitrogens with one attached hydrogen (secondary N) is 1. The predicted molar refractivity (Wildman–Crippen MR) is 73.4 cm³/mol. The van der Waals surface area contributed by atoms with E-state index in [1.54, 1.807) is 7.11 Å². The van der Waals surface area contributed by atoms with Gasteiger partial charge in [-0.3, -0.25) is 0 Å². The molecule has 18 heavy (non-hydrogen) atoms. The zero-order valence-corrected chi connectivity index (χ0v) is 12.2. The van der Waals surface area contributed by atoms with Gasteiger partial charge in [0.05, 0.1) is 26.4 Å². The van der Waals surface area contributed by atoms with E-state index in [1.165, 1.54) is 0 Å². The Bertz CT molecular complexity index is 405. The van der Waals surface area contributed by atoms with Gasteiger partial charge in [0, 0.05) is 23.1 Å². The second-order valence-electron chi connectivity index (χ2n) is 3.99. The molecule has 100 valence electrons. The second-order valence-corrected chi connectivity index (χ2v) is 4.84. The molecule has 1 aliphatic heterocycles. The molecular formula is C13H18BrNO3. The molecule has 1 atom stereocenters. The van der Waals surface area contributed by atoms with E-state index in [4.69, 9.17) is 14.2 Å². The summed E-state index contributed by atoms with van der Waals surface area (Å²) in [6.07, 6.45) is -0.00947. The lowest BCUT2D eigenvalue weighted by Crippen LogP contribution is -2.33. The summed E-state index contributed by atoms with van der Waals surface area (Å²) < 4.78 is 17.9. The normalized spacial score (nSPS) is 19.6. The van der Waals surface area contributed by atoms with E-state index in [2.05, 4.69) is 21.2 Å². The third kappa shape index (κ3) is 2.79. The van der Waals surface area contributed by atoms with Gasteiger partial charge in [-0.05, 0) is 19.1 Å². The number of hydrogen-bond donors (Lipinski definition) is 1. The summed E-state index contributed by atoms with van der Waals surface area (Å²) in [5.41, 5.74) is 1.02. The van der Waals surface area contributed by atoms with Crippen molar-refractivity contribution in [3.63, 3.8) is 0 Å². The molecule has 1 heterocycles. The van der Waals surface area contributed by atoms with Gasteiger partial charge in [-0.2, -0.15) is 0 Å². The lowest BCUT2D eigenvalue weighted by molar-refractivity contribution is 0.0253. The Labute approximate surface area is 116 Å². The number of ether oxygens (including phenoxy) is 3. The standard InChI is InChI=1S/C13H18BrNO3/c1-3-17-13-10(16-2)5-4-9(14)12(13)11-8-15-6-7-18-11/h4-5,11,15H,3,6-8H2,1-2H3. The van der Waals surface area contributed by atoms with Crippen LogP contribution in [-0.2, 0) is 4.74 Å². The van der Waals surface area contributed by atoms with Crippen molar-refractivity contribution in [1.29, 1.82) is 0 Å². The number of halogens is 1. The number of methoxy groups -OCH3 is 1. The zero-order valence-electron chi connectivity index (χ0n) is 10.7. The van der Waals surface area contributed by atoms with Crippen LogP contribution < -0.4 is 14.8 Å². The third-order valence-corrected chi connectivity index (χ3v) is 3.56. The number of hydrogen-bond acceptors (Lipinski definition) is 4. The Morgan fingerprint density at radius 1 is 1.50 bits per heavy atom. The molecule has 0 amide bonds. The average Bonchev–Trinajstić information content (AvgIpc) is 2.40. The average molecular weight is 316 g/mol. The summed E-state index contributed by atoms with van der Waals surface area (Å²) in [5, 5.41) is 3.33. The molecule has 2 rings (SSSR count). The van der Waals surface area contributed by atoms with Crippen molar-refractivity contribution < 1.29 is 14.2 Å². The van der Waals surface area contributed by atoms with Crippen LogP contribution in [0.5, 0.6) is 11.5 Å². The molecule has 1 aliphatic rings. The topological polar surface area (TPSA) is 39.7 Å². The molecule has 1 fully saturated rings. The summed E-state index contributed by atoms with van der Waals surface area (Å²) in [6.45, 7) is 4.94. The second kappa shape index (κ2) is 6.41. The van der Waals surface area contributed by atoms with Crippen LogP contribution in [-0.4, -0.2) is 33.4 Å². The van der Waals surface area contributed by atoms with Crippen molar-refractivity contribution in [3.05, 3.63) is 22.2 Å². The van der Waals surface area contributed by atoms with Gasteiger partial charge in [0.2, 0.25) is 0 Å². The minimum Gasteiger partial charge on any atom is -0.493 e. The fraction of sp³-hybridized carbons (Fsp3) is 0.538. The van der Waals surface area contributed by atoms with Crippen LogP contribution >= 0.6 is 15.9 Å². The zero-order chi connectivity index (χ0) is 13.0. The lowest BCUT2D eigenvalue weighted by Gasteiger charge is -2.27. The van der Waals surface area contributed by atoms with Gasteiger partial charge in [-0.1, -0.05) is 15.9 Å². The highest BCUT2D eigenvalue weighted by atomic mass is 79.9. The molecule has 1 saturated heterocycles. The molecule has 1 aromatic carbocycles. The highest BCUT2D eigenvalue weighted by Crippen LogP contribution is 2.41. The van der Waals surface area contributed by atoms with Gasteiger partial charge in [0.15, 0.2) is 11.5 Å². The lowest BCUT2D eigenvalue weighted by atomic mass is 10.1. The molecule has 5 heteroatoms. The van der Waals surface area contributed by atoms with E-state index in [1.807, 2.05) is 19.1 Å². The van der Waals surface area contributed by atoms with Crippen molar-refractivity contribution in [2.45, 2.75) is 13.0 Å². The van der Waals surface area contributed by atoms with Crippen molar-refractivity contribution in [2.24, 2.45) is 0 Å². The van der Waals surface area contributed by atoms with Crippen molar-refractivity contribution in [2.75, 3.05) is 33.4 Å². The van der Waals surface area contributed by atoms with Crippen LogP contribution in [0.2, 0.25) is 0 Å². The summed E-state index contributed by atoms with van der Waals surface area (Å²) in [6, 6.07) is 3.86. The molecular weight excluding hydrogens is 298 g/mol. The van der Waals surface area contributed by atoms with Crippen molar-refractivity contribution in [1.82, 2.24) is 5.32 Å². The molecule has 4 nitrogen and oxygen atoms in total. The Morgan fingerprint density at radius 2 is 2.33 bits per heavy atom. The van der Waals surface area contributed by atoms with Crippen LogP contribution in [0, 0.1) is 0 Å². The Kier molecular flexibility index (Phi) is 4.86. The largest absolute Gasteiger partial charge is 0.493 e. The number of rotatable bonds is 4. The van der Waals surface area contributed by atoms with Gasteiger partial charge in [-0.15, -0.1) is 0 Å². The third-order valence-electron chi connectivity index (χ3n) is 2.86. The molecule has 0 spiro atoms. The SMILES string of the molecule is CCOc1c(OC)ccc(Br)c1C1CNCCO1. The molecule has 0 aromatic heterocycles. The van der Waals surface area contributed by atoms with E-state index in [0.29, 0.717) is 13.2 Å². The molecule has 0 radical (unpaired) electrons. The molecule has 1 N–H and O–H groups in total. The quantitative estimate of drug-likeness (QED) is 0.926. The summed E-state index contributed by atoms with van der Waals surface area (Å²) in [4.78, 5) is 0. The van der Waals surface area contributed by atoms with Crippen LogP contribution in [0.4, 0.5) is 0 Å². The smallest absolute Gasteiger partial charge is 0.168 e. The molecule has 1 aromatic rings. The maximum atomic E-state index is 5.80. The highest BCUT2D eigenvalue weighted by molar-refractivity contribution is 9.10. The molecule has 1 unspecified atom stereocenters. The Balaban J connectivity index is 2.41. The van der Waals surface area contributed by atoms with E-state index in [0.717, 1.165) is 34.6 Å². The highest BCUT2D eigenvalue weighted by Gasteiger charge is 2.25. The van der Waals surface area contributed by atoms with E-state index >= 15 is 0 Å². The molecule has 0 bridgehead atoms. The summed E-state index contributed by atoms with van der Waals surface area (Å²) >= 11 is 3.57. The van der Waals surface area contributed by atoms with Crippen LogP contribution in [0.3, 0.4) is 0 Å². The van der Waals surface area contributed by atoms with Gasteiger partial charge in [0.1, 0.15) is 0 Å². The summed E-state index contributed by atoms with van der Waals surface area (Å²) in [7, 11) is 1.65. The first-order chi connectivity index (χ1) is 8.77. The van der Waals surface area contributed by atoms with Gasteiger partial charge >= 0.3 is 0 Å². The van der Waals surface area contributed by atoms with Gasteiger partial charge in [0.25, 0.3) is 0 Å². The van der Waals surface area contributed by atoms with Gasteiger partial charge in [-0.25, -0.2) is 0 Å². The van der Waals surface area contributed by atoms with E-state index < -0.39 is 0 Å². The minimum absolute atomic E-state index is 0.00947.